The second-order valence-electron chi connectivity index (χ2n) is 6.93. The molecule has 1 amide bonds. The highest BCUT2D eigenvalue weighted by molar-refractivity contribution is 7.88. The van der Waals surface area contributed by atoms with Crippen LogP contribution in [0.5, 0.6) is 0 Å². The van der Waals surface area contributed by atoms with Crippen LogP contribution in [0, 0.1) is 6.92 Å². The van der Waals surface area contributed by atoms with Crippen molar-refractivity contribution in [3.8, 4) is 0 Å². The lowest BCUT2D eigenvalue weighted by atomic mass is 9.80. The number of carbonyl (C=O) groups excluding carboxylic acids is 1. The van der Waals surface area contributed by atoms with Crippen LogP contribution in [-0.2, 0) is 22.0 Å². The number of aromatic nitrogens is 3. The van der Waals surface area contributed by atoms with Gasteiger partial charge in [-0.2, -0.15) is 4.31 Å². The Morgan fingerprint density at radius 2 is 2.04 bits per heavy atom. The summed E-state index contributed by atoms with van der Waals surface area (Å²) in [6, 6.07) is 0. The first-order valence-electron chi connectivity index (χ1n) is 8.54. The van der Waals surface area contributed by atoms with Crippen molar-refractivity contribution >= 4 is 15.9 Å². The molecule has 1 saturated heterocycles. The summed E-state index contributed by atoms with van der Waals surface area (Å²) in [6.45, 7) is 3.02. The van der Waals surface area contributed by atoms with Gasteiger partial charge in [-0.1, -0.05) is 5.16 Å². The van der Waals surface area contributed by atoms with E-state index in [9.17, 15) is 13.2 Å². The number of sulfonamides is 1. The third-order valence-corrected chi connectivity index (χ3v) is 6.79. The predicted octanol–water partition coefficient (Wildman–Crippen LogP) is 0.655. The summed E-state index contributed by atoms with van der Waals surface area (Å²) in [6.07, 6.45) is 5.92. The van der Waals surface area contributed by atoms with Gasteiger partial charge in [0, 0.05) is 31.7 Å². The van der Waals surface area contributed by atoms with Gasteiger partial charge in [-0.15, -0.1) is 0 Å². The van der Waals surface area contributed by atoms with Crippen LogP contribution in [0.3, 0.4) is 0 Å². The molecule has 140 valence electrons. The molecular weight excluding hydrogens is 358 g/mol. The number of aromatic amines is 1. The van der Waals surface area contributed by atoms with Crippen LogP contribution in [0.15, 0.2) is 17.0 Å². The first-order chi connectivity index (χ1) is 12.3. The summed E-state index contributed by atoms with van der Waals surface area (Å²) < 4.78 is 31.4. The fraction of sp³-hybridized carbons (Fsp3) is 0.562. The first-order valence-corrected chi connectivity index (χ1v) is 10.4. The Morgan fingerprint density at radius 3 is 2.65 bits per heavy atom. The molecule has 1 fully saturated rings. The summed E-state index contributed by atoms with van der Waals surface area (Å²) >= 11 is 0. The van der Waals surface area contributed by atoms with E-state index in [2.05, 4.69) is 15.1 Å². The number of nitrogens with one attached hydrogen (secondary N) is 1. The number of likely N-dealkylation sites (tertiary alicyclic amines) is 1. The van der Waals surface area contributed by atoms with Crippen molar-refractivity contribution in [3.63, 3.8) is 0 Å². The zero-order valence-corrected chi connectivity index (χ0v) is 15.5. The third-order valence-electron chi connectivity index (χ3n) is 5.46. The van der Waals surface area contributed by atoms with E-state index in [4.69, 9.17) is 4.52 Å². The molecule has 2 aromatic rings. The number of fused-ring (bicyclic) bond motifs is 2. The fourth-order valence-corrected chi connectivity index (χ4v) is 5.51. The lowest BCUT2D eigenvalue weighted by molar-refractivity contribution is 0.0461. The Kier molecular flexibility index (Phi) is 3.92. The van der Waals surface area contributed by atoms with Crippen LogP contribution >= 0.6 is 0 Å². The van der Waals surface area contributed by atoms with Gasteiger partial charge in [0.15, 0.2) is 0 Å². The number of piperidine rings is 1. The average molecular weight is 379 g/mol. The molecule has 0 radical (unpaired) electrons. The van der Waals surface area contributed by atoms with Gasteiger partial charge in [-0.05, 0) is 19.8 Å². The molecule has 0 unspecified atom stereocenters. The molecule has 0 saturated carbocycles. The van der Waals surface area contributed by atoms with Crippen LogP contribution in [0.1, 0.15) is 40.3 Å². The maximum atomic E-state index is 12.7. The molecule has 4 heterocycles. The maximum Gasteiger partial charge on any atom is 0.259 e. The van der Waals surface area contributed by atoms with E-state index < -0.39 is 15.6 Å². The molecule has 0 aliphatic carbocycles. The van der Waals surface area contributed by atoms with E-state index in [-0.39, 0.29) is 5.91 Å². The molecule has 2 aliphatic heterocycles. The van der Waals surface area contributed by atoms with Crippen molar-refractivity contribution in [1.82, 2.24) is 24.3 Å². The molecule has 9 nitrogen and oxygen atoms in total. The Labute approximate surface area is 151 Å². The monoisotopic (exact) mass is 379 g/mol. The summed E-state index contributed by atoms with van der Waals surface area (Å²) in [4.78, 5) is 22.0. The van der Waals surface area contributed by atoms with E-state index >= 15 is 0 Å². The number of hydrogen-bond acceptors (Lipinski definition) is 6. The summed E-state index contributed by atoms with van der Waals surface area (Å²) in [5, 5.41) is 3.66. The number of amides is 1. The van der Waals surface area contributed by atoms with Gasteiger partial charge in [-0.3, -0.25) is 4.79 Å². The zero-order chi connectivity index (χ0) is 18.5. The maximum absolute atomic E-state index is 12.7. The zero-order valence-electron chi connectivity index (χ0n) is 14.7. The van der Waals surface area contributed by atoms with Crippen LogP contribution < -0.4 is 0 Å². The van der Waals surface area contributed by atoms with Gasteiger partial charge in [0.1, 0.15) is 11.3 Å². The molecule has 0 bridgehead atoms. The van der Waals surface area contributed by atoms with Crippen LogP contribution in [0.4, 0.5) is 0 Å². The topological polar surface area (TPSA) is 112 Å². The molecule has 2 aliphatic rings. The lowest BCUT2D eigenvalue weighted by Gasteiger charge is -2.49. The Hall–Kier alpha value is -2.20. The molecule has 1 N–H and O–H groups in total. The van der Waals surface area contributed by atoms with Crippen molar-refractivity contribution < 1.29 is 17.7 Å². The highest BCUT2D eigenvalue weighted by atomic mass is 32.2. The first kappa shape index (κ1) is 17.2. The molecule has 10 heteroatoms. The molecule has 2 aromatic heterocycles. The van der Waals surface area contributed by atoms with Gasteiger partial charge in [0.05, 0.1) is 30.0 Å². The minimum atomic E-state index is -3.39. The molecule has 0 aromatic carbocycles. The normalized spacial score (nSPS) is 20.3. The number of aryl methyl sites for hydroxylation is 1. The quantitative estimate of drug-likeness (QED) is 0.820. The minimum Gasteiger partial charge on any atom is -0.361 e. The van der Waals surface area contributed by atoms with E-state index in [1.807, 2.05) is 0 Å². The summed E-state index contributed by atoms with van der Waals surface area (Å²) in [7, 11) is -3.39. The van der Waals surface area contributed by atoms with E-state index in [0.717, 1.165) is 11.4 Å². The molecule has 26 heavy (non-hydrogen) atoms. The van der Waals surface area contributed by atoms with Gasteiger partial charge in [0.2, 0.25) is 10.0 Å². The molecule has 1 spiro atoms. The molecule has 4 rings (SSSR count). The van der Waals surface area contributed by atoms with E-state index in [1.54, 1.807) is 22.5 Å². The second-order valence-corrected chi connectivity index (χ2v) is 8.84. The number of hydrogen-bond donors (Lipinski definition) is 1. The highest BCUT2D eigenvalue weighted by Crippen LogP contribution is 2.43. The van der Waals surface area contributed by atoms with Gasteiger partial charge >= 0.3 is 0 Å². The Bertz CT molecular complexity index is 940. The average Bonchev–Trinajstić information content (AvgIpc) is 3.23. The van der Waals surface area contributed by atoms with Crippen molar-refractivity contribution in [2.45, 2.75) is 31.7 Å². The summed E-state index contributed by atoms with van der Waals surface area (Å²) in [5.74, 6) is 0.350. The standard InChI is InChI=1S/C16H21N5O4S/c1-11-12(9-19-25-11)15(22)20-7-4-16(5-8-20)14-13(17-10-18-14)3-6-21(16)26(2,23)24/h9-10H,3-8H2,1-2H3,(H,17,18). The lowest BCUT2D eigenvalue weighted by Crippen LogP contribution is -2.58. The number of imidazole rings is 1. The second kappa shape index (κ2) is 5.92. The smallest absolute Gasteiger partial charge is 0.259 e. The van der Waals surface area contributed by atoms with E-state index in [1.165, 1.54) is 12.5 Å². The van der Waals surface area contributed by atoms with Crippen LogP contribution in [-0.4, -0.2) is 64.5 Å². The largest absolute Gasteiger partial charge is 0.361 e. The Morgan fingerprint density at radius 1 is 1.31 bits per heavy atom. The number of rotatable bonds is 2. The van der Waals surface area contributed by atoms with Crippen LogP contribution in [0.2, 0.25) is 0 Å². The number of carbonyl (C=O) groups is 1. The predicted molar refractivity (Wildman–Crippen MR) is 91.9 cm³/mol. The van der Waals surface area contributed by atoms with Gasteiger partial charge in [0.25, 0.3) is 5.91 Å². The minimum absolute atomic E-state index is 0.137. The molecule has 0 atom stereocenters. The highest BCUT2D eigenvalue weighted by Gasteiger charge is 2.50. The molecular formula is C16H21N5O4S. The number of H-pyrrole nitrogens is 1. The third kappa shape index (κ3) is 2.55. The van der Waals surface area contributed by atoms with Crippen molar-refractivity contribution in [3.05, 3.63) is 35.2 Å². The van der Waals surface area contributed by atoms with Crippen LogP contribution in [0.25, 0.3) is 0 Å². The van der Waals surface area contributed by atoms with Gasteiger partial charge < -0.3 is 14.4 Å². The Balaban J connectivity index is 1.64. The van der Waals surface area contributed by atoms with Crippen molar-refractivity contribution in [2.24, 2.45) is 0 Å². The van der Waals surface area contributed by atoms with Crippen molar-refractivity contribution in [2.75, 3.05) is 25.9 Å². The SMILES string of the molecule is Cc1oncc1C(=O)N1CCC2(CC1)c1nc[nH]c1CCN2S(C)(=O)=O. The van der Waals surface area contributed by atoms with E-state index in [0.29, 0.717) is 50.2 Å². The summed E-state index contributed by atoms with van der Waals surface area (Å²) in [5.41, 5.74) is 1.54. The van der Waals surface area contributed by atoms with Crippen molar-refractivity contribution in [1.29, 1.82) is 0 Å². The number of nitrogens with zero attached hydrogens (tertiary/aromatic N) is 4. The van der Waals surface area contributed by atoms with Gasteiger partial charge in [-0.25, -0.2) is 13.4 Å². The fourth-order valence-electron chi connectivity index (χ4n) is 4.18.